The van der Waals surface area contributed by atoms with Crippen LogP contribution in [0.1, 0.15) is 103 Å². The topological polar surface area (TPSA) is 99.8 Å². The molecule has 0 aromatic carbocycles. The lowest BCUT2D eigenvalue weighted by Crippen LogP contribution is -2.65. The number of aliphatic hydroxyl groups is 2. The third-order valence-corrected chi connectivity index (χ3v) is 13.0. The number of aliphatic hydroxyl groups excluding tert-OH is 2. The molecule has 11 atom stereocenters. The van der Waals surface area contributed by atoms with E-state index < -0.39 is 5.97 Å². The van der Waals surface area contributed by atoms with E-state index in [9.17, 15) is 24.9 Å². The lowest BCUT2D eigenvalue weighted by atomic mass is 9.38. The Kier molecular flexibility index (Phi) is 7.16. The lowest BCUT2D eigenvalue weighted by molar-refractivity contribution is -0.230. The van der Waals surface area contributed by atoms with Crippen LogP contribution in [0.25, 0.3) is 0 Å². The highest BCUT2D eigenvalue weighted by atomic mass is 16.4. The Labute approximate surface area is 227 Å². The molecule has 4 aliphatic rings. The number of carbonyl (C=O) groups is 1. The predicted octanol–water partition coefficient (Wildman–Crippen LogP) is 5.59. The van der Waals surface area contributed by atoms with Gasteiger partial charge in [-0.25, -0.2) is 4.79 Å². The largest absolute Gasteiger partial charge is 0.478 e. The first-order valence-corrected chi connectivity index (χ1v) is 15.2. The molecule has 38 heavy (non-hydrogen) atoms. The van der Waals surface area contributed by atoms with Crippen LogP contribution in [0.3, 0.4) is 0 Å². The first-order chi connectivity index (χ1) is 17.9. The highest BCUT2D eigenvalue weighted by Crippen LogP contribution is 2.74. The van der Waals surface area contributed by atoms with Crippen LogP contribution >= 0.6 is 0 Å². The highest BCUT2D eigenvalue weighted by molar-refractivity contribution is 5.87. The molecule has 6 heteroatoms. The summed E-state index contributed by atoms with van der Waals surface area (Å²) in [5, 5.41) is 31.8. The van der Waals surface area contributed by atoms with Crippen molar-refractivity contribution in [1.29, 1.82) is 0 Å². The standard InChI is InChI=1S/C32H49NO5/c1-6-22-25-18-21(34)7-12-30(25,3)24-9-13-31(4)23(8-14-32(31,5)27(24)28(22)36)19(2)10-15-33-16-11-20(29(37)38)17-26(33)35/h11,16-17,19,21-25,27-28,34,36H,6-10,12-15,18H2,1-5H3,(H,37,38)/t19-,21-,22-,23-,24+,25+,27+,28-,30-,31-,32+/m1/s1. The average Bonchev–Trinajstić information content (AvgIpc) is 3.15. The fourth-order valence-electron chi connectivity index (χ4n) is 10.7. The number of pyridine rings is 1. The van der Waals surface area contributed by atoms with Crippen molar-refractivity contribution in [2.75, 3.05) is 0 Å². The van der Waals surface area contributed by atoms with E-state index in [1.165, 1.54) is 18.6 Å². The van der Waals surface area contributed by atoms with Crippen molar-refractivity contribution < 1.29 is 20.1 Å². The van der Waals surface area contributed by atoms with Crippen LogP contribution in [-0.4, -0.2) is 38.1 Å². The zero-order valence-electron chi connectivity index (χ0n) is 24.0. The van der Waals surface area contributed by atoms with Crippen LogP contribution in [0.5, 0.6) is 0 Å². The summed E-state index contributed by atoms with van der Waals surface area (Å²) >= 11 is 0. The summed E-state index contributed by atoms with van der Waals surface area (Å²) in [6, 6.07) is 2.73. The molecule has 0 spiro atoms. The van der Waals surface area contributed by atoms with Crippen LogP contribution in [0, 0.1) is 51.8 Å². The molecule has 0 radical (unpaired) electrons. The molecule has 0 saturated heterocycles. The SMILES string of the molecule is CC[C@H]1[C@@H](O)[C@@H]2[C@H](CC[C@]3(C)[C@@H]([C@H](C)CCn4ccc(C(=O)O)cc4=O)CC[C@@]23C)[C@@]2(C)CC[C@@H](O)C[C@@H]12. The van der Waals surface area contributed by atoms with Crippen molar-refractivity contribution in [1.82, 2.24) is 4.57 Å². The number of aryl methyl sites for hydroxylation is 1. The number of rotatable bonds is 6. The Hall–Kier alpha value is -1.66. The fourth-order valence-corrected chi connectivity index (χ4v) is 10.7. The number of carboxylic acid groups (broad SMARTS) is 1. The fraction of sp³-hybridized carbons (Fsp3) is 0.812. The highest BCUT2D eigenvalue weighted by Gasteiger charge is 2.69. The number of hydrogen-bond donors (Lipinski definition) is 3. The molecule has 3 N–H and O–H groups in total. The second kappa shape index (κ2) is 9.76. The van der Waals surface area contributed by atoms with Crippen molar-refractivity contribution >= 4 is 5.97 Å². The Bertz CT molecular complexity index is 1120. The van der Waals surface area contributed by atoms with Crippen LogP contribution in [0.2, 0.25) is 0 Å². The van der Waals surface area contributed by atoms with Crippen molar-refractivity contribution in [3.05, 3.63) is 34.2 Å². The Morgan fingerprint density at radius 1 is 1.08 bits per heavy atom. The molecule has 1 aromatic rings. The van der Waals surface area contributed by atoms with Crippen LogP contribution in [-0.2, 0) is 6.54 Å². The number of nitrogens with zero attached hydrogens (tertiary/aromatic N) is 1. The lowest BCUT2D eigenvalue weighted by Gasteiger charge is -2.68. The number of carboxylic acids is 1. The summed E-state index contributed by atoms with van der Waals surface area (Å²) < 4.78 is 1.64. The van der Waals surface area contributed by atoms with E-state index in [2.05, 4.69) is 34.6 Å². The summed E-state index contributed by atoms with van der Waals surface area (Å²) in [6.07, 6.45) is 10.4. The van der Waals surface area contributed by atoms with Gasteiger partial charge in [0.25, 0.3) is 5.56 Å². The van der Waals surface area contributed by atoms with Crippen molar-refractivity contribution in [3.63, 3.8) is 0 Å². The molecule has 212 valence electrons. The quantitative estimate of drug-likeness (QED) is 0.448. The third-order valence-electron chi connectivity index (χ3n) is 13.0. The zero-order valence-corrected chi connectivity index (χ0v) is 24.0. The Balaban J connectivity index is 1.38. The molecule has 4 fully saturated rings. The summed E-state index contributed by atoms with van der Waals surface area (Å²) in [7, 11) is 0. The Morgan fingerprint density at radius 3 is 2.45 bits per heavy atom. The van der Waals surface area contributed by atoms with Gasteiger partial charge >= 0.3 is 5.97 Å². The van der Waals surface area contributed by atoms with E-state index in [1.807, 2.05) is 0 Å². The van der Waals surface area contributed by atoms with Gasteiger partial charge in [-0.05, 0) is 109 Å². The van der Waals surface area contributed by atoms with Gasteiger partial charge in [-0.15, -0.1) is 0 Å². The van der Waals surface area contributed by atoms with E-state index >= 15 is 0 Å². The van der Waals surface area contributed by atoms with Gasteiger partial charge in [0.15, 0.2) is 0 Å². The normalized spacial score (nSPS) is 45.1. The first-order valence-electron chi connectivity index (χ1n) is 15.2. The summed E-state index contributed by atoms with van der Waals surface area (Å²) in [5.41, 5.74) is 0.196. The van der Waals surface area contributed by atoms with Gasteiger partial charge in [-0.2, -0.15) is 0 Å². The van der Waals surface area contributed by atoms with Gasteiger partial charge in [0.05, 0.1) is 17.8 Å². The first kappa shape index (κ1) is 27.9. The van der Waals surface area contributed by atoms with E-state index in [-0.39, 0.29) is 45.5 Å². The molecule has 0 unspecified atom stereocenters. The Morgan fingerprint density at radius 2 is 1.79 bits per heavy atom. The maximum Gasteiger partial charge on any atom is 0.335 e. The molecule has 5 rings (SSSR count). The van der Waals surface area contributed by atoms with Crippen molar-refractivity contribution in [2.45, 2.75) is 111 Å². The van der Waals surface area contributed by atoms with Crippen LogP contribution in [0.15, 0.2) is 23.1 Å². The van der Waals surface area contributed by atoms with Gasteiger partial charge in [0.2, 0.25) is 0 Å². The number of aromatic carboxylic acids is 1. The van der Waals surface area contributed by atoms with Gasteiger partial charge in [-0.1, -0.05) is 41.0 Å². The monoisotopic (exact) mass is 527 g/mol. The summed E-state index contributed by atoms with van der Waals surface area (Å²) in [6.45, 7) is 12.6. The minimum absolute atomic E-state index is 0.0370. The maximum absolute atomic E-state index is 12.5. The maximum atomic E-state index is 12.5. The van der Waals surface area contributed by atoms with Gasteiger partial charge in [0.1, 0.15) is 0 Å². The smallest absolute Gasteiger partial charge is 0.335 e. The van der Waals surface area contributed by atoms with Gasteiger partial charge < -0.3 is 19.9 Å². The average molecular weight is 528 g/mol. The third kappa shape index (κ3) is 4.03. The number of aromatic nitrogens is 1. The zero-order chi connectivity index (χ0) is 27.6. The molecule has 1 heterocycles. The summed E-state index contributed by atoms with van der Waals surface area (Å²) in [5.74, 6) is 1.36. The minimum atomic E-state index is -1.07. The summed E-state index contributed by atoms with van der Waals surface area (Å²) in [4.78, 5) is 23.7. The molecule has 0 aliphatic heterocycles. The molecule has 0 amide bonds. The van der Waals surface area contributed by atoms with Gasteiger partial charge in [-0.3, -0.25) is 4.79 Å². The predicted molar refractivity (Wildman–Crippen MR) is 148 cm³/mol. The second-order valence-electron chi connectivity index (χ2n) is 14.3. The molecular formula is C32H49NO5. The van der Waals surface area contributed by atoms with Crippen molar-refractivity contribution in [2.24, 2.45) is 51.8 Å². The second-order valence-corrected chi connectivity index (χ2v) is 14.3. The minimum Gasteiger partial charge on any atom is -0.478 e. The van der Waals surface area contributed by atoms with Crippen molar-refractivity contribution in [3.8, 4) is 0 Å². The van der Waals surface area contributed by atoms with E-state index in [1.54, 1.807) is 10.8 Å². The molecule has 4 aliphatic carbocycles. The molecule has 0 bridgehead atoms. The van der Waals surface area contributed by atoms with Crippen LogP contribution in [0.4, 0.5) is 0 Å². The molecule has 6 nitrogen and oxygen atoms in total. The van der Waals surface area contributed by atoms with E-state index in [0.29, 0.717) is 36.1 Å². The molecule has 1 aromatic heterocycles. The number of hydrogen-bond acceptors (Lipinski definition) is 4. The molecular weight excluding hydrogens is 478 g/mol. The number of fused-ring (bicyclic) bond motifs is 5. The van der Waals surface area contributed by atoms with E-state index in [0.717, 1.165) is 51.4 Å². The molecule has 4 saturated carbocycles. The van der Waals surface area contributed by atoms with E-state index in [4.69, 9.17) is 0 Å². The van der Waals surface area contributed by atoms with Gasteiger partial charge in [0, 0.05) is 18.8 Å². The van der Waals surface area contributed by atoms with Crippen LogP contribution < -0.4 is 5.56 Å².